The maximum atomic E-state index is 10.9. The first-order chi connectivity index (χ1) is 6.18. The highest BCUT2D eigenvalue weighted by Crippen LogP contribution is 2.20. The molecule has 0 unspecified atom stereocenters. The third-order valence-electron chi connectivity index (χ3n) is 1.84. The number of aromatic nitrogens is 1. The highest BCUT2D eigenvalue weighted by Gasteiger charge is 2.05. The van der Waals surface area contributed by atoms with E-state index in [1.807, 2.05) is 0 Å². The first-order valence-electron chi connectivity index (χ1n) is 3.65. The van der Waals surface area contributed by atoms with Crippen LogP contribution in [0.2, 0.25) is 5.02 Å². The normalized spacial score (nSPS) is 10.6. The second kappa shape index (κ2) is 3.05. The summed E-state index contributed by atoms with van der Waals surface area (Å²) >= 11 is 11.1. The van der Waals surface area contributed by atoms with E-state index in [4.69, 9.17) is 23.2 Å². The Morgan fingerprint density at radius 1 is 1.31 bits per heavy atom. The SMILES string of the molecule is O=C(Cl)n1ccc2cc(Cl)ccc21. The quantitative estimate of drug-likeness (QED) is 0.615. The van der Waals surface area contributed by atoms with E-state index in [-0.39, 0.29) is 0 Å². The number of benzene rings is 1. The number of nitrogens with zero attached hydrogens (tertiary/aromatic N) is 1. The van der Waals surface area contributed by atoms with Crippen LogP contribution in [0, 0.1) is 0 Å². The third-order valence-corrected chi connectivity index (χ3v) is 2.26. The van der Waals surface area contributed by atoms with E-state index >= 15 is 0 Å². The number of hydrogen-bond donors (Lipinski definition) is 0. The molecule has 0 spiro atoms. The van der Waals surface area contributed by atoms with Gasteiger partial charge in [0.25, 0.3) is 0 Å². The molecular weight excluding hydrogens is 209 g/mol. The van der Waals surface area contributed by atoms with Crippen molar-refractivity contribution in [3.8, 4) is 0 Å². The van der Waals surface area contributed by atoms with Gasteiger partial charge in [0.05, 0.1) is 5.52 Å². The van der Waals surface area contributed by atoms with Crippen molar-refractivity contribution < 1.29 is 4.79 Å². The number of halogens is 2. The molecule has 0 aliphatic heterocycles. The van der Waals surface area contributed by atoms with Crippen molar-refractivity contribution in [2.75, 3.05) is 0 Å². The van der Waals surface area contributed by atoms with Crippen LogP contribution in [0.25, 0.3) is 10.9 Å². The van der Waals surface area contributed by atoms with E-state index in [1.54, 1.807) is 30.5 Å². The average Bonchev–Trinajstić information content (AvgIpc) is 2.46. The predicted molar refractivity (Wildman–Crippen MR) is 53.6 cm³/mol. The van der Waals surface area contributed by atoms with Crippen molar-refractivity contribution in [2.45, 2.75) is 0 Å². The molecule has 0 aliphatic carbocycles. The molecule has 13 heavy (non-hydrogen) atoms. The summed E-state index contributed by atoms with van der Waals surface area (Å²) in [6.45, 7) is 0. The Kier molecular flexibility index (Phi) is 2.02. The lowest BCUT2D eigenvalue weighted by molar-refractivity contribution is 0.261. The van der Waals surface area contributed by atoms with E-state index in [1.165, 1.54) is 4.57 Å². The minimum Gasteiger partial charge on any atom is -0.274 e. The minimum absolute atomic E-state index is 0.516. The largest absolute Gasteiger partial charge is 0.324 e. The van der Waals surface area contributed by atoms with E-state index in [9.17, 15) is 4.79 Å². The molecule has 0 saturated heterocycles. The number of fused-ring (bicyclic) bond motifs is 1. The zero-order valence-electron chi connectivity index (χ0n) is 6.50. The van der Waals surface area contributed by atoms with Crippen molar-refractivity contribution in [2.24, 2.45) is 0 Å². The van der Waals surface area contributed by atoms with Crippen LogP contribution >= 0.6 is 23.2 Å². The lowest BCUT2D eigenvalue weighted by Crippen LogP contribution is -1.98. The molecule has 2 aromatic rings. The molecule has 1 aromatic carbocycles. The summed E-state index contributed by atoms with van der Waals surface area (Å²) in [4.78, 5) is 10.9. The standard InChI is InChI=1S/C9H5Cl2NO/c10-7-1-2-8-6(5-7)3-4-12(8)9(11)13/h1-5H. The van der Waals surface area contributed by atoms with Crippen molar-refractivity contribution >= 4 is 39.5 Å². The minimum atomic E-state index is -0.516. The van der Waals surface area contributed by atoms with Crippen LogP contribution in [0.3, 0.4) is 0 Å². The van der Waals surface area contributed by atoms with Crippen molar-refractivity contribution in [3.05, 3.63) is 35.5 Å². The molecule has 1 aromatic heterocycles. The highest BCUT2D eigenvalue weighted by atomic mass is 35.5. The number of hydrogen-bond acceptors (Lipinski definition) is 1. The van der Waals surface area contributed by atoms with Gasteiger partial charge in [-0.05, 0) is 35.9 Å². The average molecular weight is 214 g/mol. The Morgan fingerprint density at radius 3 is 2.77 bits per heavy atom. The molecule has 4 heteroatoms. The predicted octanol–water partition coefficient (Wildman–Crippen LogP) is 3.50. The van der Waals surface area contributed by atoms with Gasteiger partial charge in [0.2, 0.25) is 0 Å². The van der Waals surface area contributed by atoms with Gasteiger partial charge >= 0.3 is 5.37 Å². The highest BCUT2D eigenvalue weighted by molar-refractivity contribution is 6.63. The van der Waals surface area contributed by atoms with Crippen LogP contribution in [0.15, 0.2) is 30.5 Å². The fourth-order valence-corrected chi connectivity index (χ4v) is 1.59. The summed E-state index contributed by atoms with van der Waals surface area (Å²) in [7, 11) is 0. The number of carbonyl (C=O) groups is 1. The lowest BCUT2D eigenvalue weighted by Gasteiger charge is -1.96. The fourth-order valence-electron chi connectivity index (χ4n) is 1.27. The topological polar surface area (TPSA) is 22.0 Å². The van der Waals surface area contributed by atoms with E-state index < -0.39 is 5.37 Å². The van der Waals surface area contributed by atoms with Gasteiger partial charge in [-0.25, -0.2) is 0 Å². The maximum Gasteiger partial charge on any atom is 0.324 e. The van der Waals surface area contributed by atoms with E-state index in [0.29, 0.717) is 5.02 Å². The Balaban J connectivity index is 2.76. The first-order valence-corrected chi connectivity index (χ1v) is 4.40. The Bertz CT molecular complexity index is 475. The molecule has 0 atom stereocenters. The van der Waals surface area contributed by atoms with Crippen LogP contribution in [-0.2, 0) is 0 Å². The summed E-state index contributed by atoms with van der Waals surface area (Å²) in [6, 6.07) is 7.06. The lowest BCUT2D eigenvalue weighted by atomic mass is 10.2. The summed E-state index contributed by atoms with van der Waals surface area (Å²) in [5, 5.41) is 1.03. The molecule has 0 N–H and O–H groups in total. The Morgan fingerprint density at radius 2 is 2.08 bits per heavy atom. The monoisotopic (exact) mass is 213 g/mol. The summed E-state index contributed by atoms with van der Waals surface area (Å²) in [6.07, 6.45) is 1.62. The van der Waals surface area contributed by atoms with Crippen LogP contribution < -0.4 is 0 Å². The molecule has 0 radical (unpaired) electrons. The van der Waals surface area contributed by atoms with Crippen molar-refractivity contribution in [3.63, 3.8) is 0 Å². The van der Waals surface area contributed by atoms with E-state index in [0.717, 1.165) is 10.9 Å². The zero-order valence-corrected chi connectivity index (χ0v) is 8.01. The van der Waals surface area contributed by atoms with E-state index in [2.05, 4.69) is 0 Å². The second-order valence-corrected chi connectivity index (χ2v) is 3.40. The van der Waals surface area contributed by atoms with Crippen molar-refractivity contribution in [1.29, 1.82) is 0 Å². The van der Waals surface area contributed by atoms with Gasteiger partial charge in [-0.15, -0.1) is 0 Å². The molecule has 1 heterocycles. The molecule has 2 nitrogen and oxygen atoms in total. The van der Waals surface area contributed by atoms with Gasteiger partial charge in [-0.3, -0.25) is 9.36 Å². The zero-order chi connectivity index (χ0) is 9.42. The number of carbonyl (C=O) groups excluding carboxylic acids is 1. The van der Waals surface area contributed by atoms with Gasteiger partial charge in [-0.2, -0.15) is 0 Å². The van der Waals surface area contributed by atoms with Gasteiger partial charge in [0.15, 0.2) is 0 Å². The summed E-state index contributed by atoms with van der Waals surface area (Å²) in [5.74, 6) is 0. The van der Waals surface area contributed by atoms with Gasteiger partial charge in [0, 0.05) is 16.6 Å². The van der Waals surface area contributed by atoms with Gasteiger partial charge in [0.1, 0.15) is 0 Å². The molecule has 0 fully saturated rings. The summed E-state index contributed by atoms with van der Waals surface area (Å²) in [5.41, 5.74) is 0.768. The molecule has 0 bridgehead atoms. The Hall–Kier alpha value is -0.990. The number of rotatable bonds is 0. The summed E-state index contributed by atoms with van der Waals surface area (Å²) < 4.78 is 1.37. The molecule has 0 saturated carbocycles. The van der Waals surface area contributed by atoms with Gasteiger partial charge < -0.3 is 0 Å². The van der Waals surface area contributed by atoms with Crippen LogP contribution in [0.5, 0.6) is 0 Å². The molecular formula is C9H5Cl2NO. The maximum absolute atomic E-state index is 10.9. The van der Waals surface area contributed by atoms with Crippen LogP contribution in [0.4, 0.5) is 4.79 Å². The fraction of sp³-hybridized carbons (Fsp3) is 0. The first kappa shape index (κ1) is 8.60. The third kappa shape index (κ3) is 1.43. The molecule has 0 amide bonds. The van der Waals surface area contributed by atoms with Gasteiger partial charge in [-0.1, -0.05) is 11.6 Å². The Labute approximate surface area is 84.7 Å². The van der Waals surface area contributed by atoms with Crippen LogP contribution in [-0.4, -0.2) is 9.93 Å². The molecule has 66 valence electrons. The molecule has 0 aliphatic rings. The van der Waals surface area contributed by atoms with Crippen molar-refractivity contribution in [1.82, 2.24) is 4.57 Å². The van der Waals surface area contributed by atoms with Crippen LogP contribution in [0.1, 0.15) is 0 Å². The molecule has 2 rings (SSSR count). The second-order valence-electron chi connectivity index (χ2n) is 2.64. The smallest absolute Gasteiger partial charge is 0.274 e.